The third kappa shape index (κ3) is 7.19. The molecule has 0 saturated carbocycles. The van der Waals surface area contributed by atoms with Gasteiger partial charge in [0.15, 0.2) is 0 Å². The number of unbranched alkanes of at least 4 members (excludes halogenated alkanes) is 3. The molecule has 0 atom stereocenters. The van der Waals surface area contributed by atoms with Gasteiger partial charge in [-0.1, -0.05) is 50.4 Å². The van der Waals surface area contributed by atoms with Crippen LogP contribution in [0, 0.1) is 23.7 Å². The van der Waals surface area contributed by atoms with Gasteiger partial charge >= 0.3 is 0 Å². The number of hydrogen-bond donors (Lipinski definition) is 0. The maximum absolute atomic E-state index is 5.66. The van der Waals surface area contributed by atoms with Crippen LogP contribution in [0.1, 0.15) is 62.6 Å². The summed E-state index contributed by atoms with van der Waals surface area (Å²) >= 11 is 0. The summed E-state index contributed by atoms with van der Waals surface area (Å²) in [5.41, 5.74) is 3.05. The number of hydrogen-bond acceptors (Lipinski definition) is 1. The Labute approximate surface area is 152 Å². The van der Waals surface area contributed by atoms with Crippen molar-refractivity contribution in [3.63, 3.8) is 0 Å². The quantitative estimate of drug-likeness (QED) is 0.480. The van der Waals surface area contributed by atoms with E-state index in [9.17, 15) is 0 Å². The van der Waals surface area contributed by atoms with Crippen LogP contribution in [0.3, 0.4) is 0 Å². The molecule has 0 aliphatic rings. The van der Waals surface area contributed by atoms with Crippen LogP contribution in [0.15, 0.2) is 48.5 Å². The van der Waals surface area contributed by atoms with Gasteiger partial charge in [0, 0.05) is 23.1 Å². The van der Waals surface area contributed by atoms with Crippen LogP contribution in [0.25, 0.3) is 0 Å². The maximum atomic E-state index is 5.66. The number of benzene rings is 2. The van der Waals surface area contributed by atoms with E-state index < -0.39 is 0 Å². The number of ether oxygens (including phenoxy) is 1. The first-order chi connectivity index (χ1) is 12.3. The fourth-order valence-electron chi connectivity index (χ4n) is 2.18. The number of rotatable bonds is 6. The Morgan fingerprint density at radius 1 is 0.680 bits per heavy atom. The minimum Gasteiger partial charge on any atom is -0.494 e. The molecular weight excluding hydrogens is 304 g/mol. The molecule has 25 heavy (non-hydrogen) atoms. The van der Waals surface area contributed by atoms with Crippen molar-refractivity contribution in [2.45, 2.75) is 46.0 Å². The summed E-state index contributed by atoms with van der Waals surface area (Å²) in [6, 6.07) is 16.1. The highest BCUT2D eigenvalue weighted by Crippen LogP contribution is 2.12. The zero-order valence-corrected chi connectivity index (χ0v) is 15.3. The lowest BCUT2D eigenvalue weighted by Gasteiger charge is -2.04. The lowest BCUT2D eigenvalue weighted by Crippen LogP contribution is -1.95. The van der Waals surface area contributed by atoms with Gasteiger partial charge in [0.2, 0.25) is 0 Å². The molecule has 0 amide bonds. The molecule has 0 saturated heterocycles. The summed E-state index contributed by atoms with van der Waals surface area (Å²) in [5.74, 6) is 13.7. The van der Waals surface area contributed by atoms with Crippen molar-refractivity contribution >= 4 is 0 Å². The van der Waals surface area contributed by atoms with Gasteiger partial charge in [-0.05, 0) is 61.4 Å². The second kappa shape index (κ2) is 11.0. The van der Waals surface area contributed by atoms with E-state index in [0.717, 1.165) is 48.3 Å². The Bertz CT molecular complexity index is 746. The lowest BCUT2D eigenvalue weighted by molar-refractivity contribution is 0.309. The van der Waals surface area contributed by atoms with Crippen molar-refractivity contribution in [3.05, 3.63) is 65.2 Å². The van der Waals surface area contributed by atoms with E-state index in [1.807, 2.05) is 48.5 Å². The minimum atomic E-state index is 0.773. The van der Waals surface area contributed by atoms with E-state index in [1.54, 1.807) is 0 Å². The zero-order chi connectivity index (χ0) is 17.7. The molecule has 2 aromatic carbocycles. The van der Waals surface area contributed by atoms with Crippen LogP contribution >= 0.6 is 0 Å². The van der Waals surface area contributed by atoms with E-state index in [2.05, 4.69) is 37.5 Å². The molecule has 0 aliphatic carbocycles. The Kier molecular flexibility index (Phi) is 8.23. The SMILES string of the molecule is CCCCC#Cc1ccc(C#Cc2ccc(OCCCC)cc2)cc1. The first-order valence-electron chi connectivity index (χ1n) is 9.15. The zero-order valence-electron chi connectivity index (χ0n) is 15.3. The molecule has 1 nitrogen and oxygen atoms in total. The van der Waals surface area contributed by atoms with Gasteiger partial charge in [0.1, 0.15) is 5.75 Å². The van der Waals surface area contributed by atoms with Gasteiger partial charge < -0.3 is 4.74 Å². The van der Waals surface area contributed by atoms with Gasteiger partial charge in [-0.15, -0.1) is 0 Å². The first-order valence-corrected chi connectivity index (χ1v) is 9.15. The molecular formula is C24H26O. The summed E-state index contributed by atoms with van der Waals surface area (Å²) in [5, 5.41) is 0. The molecule has 0 bridgehead atoms. The van der Waals surface area contributed by atoms with Gasteiger partial charge in [0.05, 0.1) is 6.61 Å². The fourth-order valence-corrected chi connectivity index (χ4v) is 2.18. The standard InChI is InChI=1S/C24H26O/c1-3-5-7-8-9-21-10-12-22(13-11-21)14-15-23-16-18-24(19-17-23)25-20-6-4-2/h10-13,16-19H,3-7,20H2,1-2H3. The highest BCUT2D eigenvalue weighted by atomic mass is 16.5. The fraction of sp³-hybridized carbons (Fsp3) is 0.333. The van der Waals surface area contributed by atoms with E-state index in [-0.39, 0.29) is 0 Å². The Morgan fingerprint density at radius 2 is 1.20 bits per heavy atom. The van der Waals surface area contributed by atoms with Crippen LogP contribution in [0.4, 0.5) is 0 Å². The Balaban J connectivity index is 1.92. The lowest BCUT2D eigenvalue weighted by atomic mass is 10.1. The Morgan fingerprint density at radius 3 is 1.76 bits per heavy atom. The van der Waals surface area contributed by atoms with E-state index in [0.29, 0.717) is 0 Å². The molecule has 2 rings (SSSR count). The normalized spacial score (nSPS) is 9.52. The van der Waals surface area contributed by atoms with Crippen LogP contribution in [-0.2, 0) is 0 Å². The average Bonchev–Trinajstić information content (AvgIpc) is 2.66. The first kappa shape index (κ1) is 18.7. The van der Waals surface area contributed by atoms with Gasteiger partial charge in [-0.25, -0.2) is 0 Å². The summed E-state index contributed by atoms with van der Waals surface area (Å²) < 4.78 is 5.66. The molecule has 1 heteroatoms. The molecule has 128 valence electrons. The van der Waals surface area contributed by atoms with Crippen molar-refractivity contribution in [2.75, 3.05) is 6.61 Å². The van der Waals surface area contributed by atoms with Crippen molar-refractivity contribution in [1.29, 1.82) is 0 Å². The van der Waals surface area contributed by atoms with Gasteiger partial charge in [0.25, 0.3) is 0 Å². The molecule has 0 heterocycles. The largest absolute Gasteiger partial charge is 0.494 e. The topological polar surface area (TPSA) is 9.23 Å². The van der Waals surface area contributed by atoms with Gasteiger partial charge in [-0.3, -0.25) is 0 Å². The monoisotopic (exact) mass is 330 g/mol. The molecule has 0 aliphatic heterocycles. The second-order valence-electron chi connectivity index (χ2n) is 5.96. The van der Waals surface area contributed by atoms with E-state index >= 15 is 0 Å². The molecule has 0 fully saturated rings. The maximum Gasteiger partial charge on any atom is 0.119 e. The predicted molar refractivity (Wildman–Crippen MR) is 106 cm³/mol. The van der Waals surface area contributed by atoms with Crippen LogP contribution in [0.5, 0.6) is 5.75 Å². The molecule has 0 spiro atoms. The van der Waals surface area contributed by atoms with Crippen molar-refractivity contribution in [3.8, 4) is 29.4 Å². The third-order valence-electron chi connectivity index (χ3n) is 3.75. The molecule has 0 aromatic heterocycles. The van der Waals surface area contributed by atoms with Crippen molar-refractivity contribution in [1.82, 2.24) is 0 Å². The highest BCUT2D eigenvalue weighted by molar-refractivity contribution is 5.46. The summed E-state index contributed by atoms with van der Waals surface area (Å²) in [7, 11) is 0. The average molecular weight is 330 g/mol. The summed E-state index contributed by atoms with van der Waals surface area (Å²) in [4.78, 5) is 0. The molecule has 2 aromatic rings. The smallest absolute Gasteiger partial charge is 0.119 e. The second-order valence-corrected chi connectivity index (χ2v) is 5.96. The molecule has 0 unspecified atom stereocenters. The van der Waals surface area contributed by atoms with E-state index in [1.165, 1.54) is 12.8 Å². The predicted octanol–water partition coefficient (Wildman–Crippen LogP) is 5.81. The third-order valence-corrected chi connectivity index (χ3v) is 3.75. The Hall–Kier alpha value is -2.64. The van der Waals surface area contributed by atoms with Crippen LogP contribution in [-0.4, -0.2) is 6.61 Å². The van der Waals surface area contributed by atoms with Gasteiger partial charge in [-0.2, -0.15) is 0 Å². The molecule has 0 radical (unpaired) electrons. The highest BCUT2D eigenvalue weighted by Gasteiger charge is 1.94. The minimum absolute atomic E-state index is 0.773. The van der Waals surface area contributed by atoms with Crippen LogP contribution < -0.4 is 4.74 Å². The summed E-state index contributed by atoms with van der Waals surface area (Å²) in [6.07, 6.45) is 5.55. The van der Waals surface area contributed by atoms with Crippen molar-refractivity contribution < 1.29 is 4.74 Å². The van der Waals surface area contributed by atoms with Crippen molar-refractivity contribution in [2.24, 2.45) is 0 Å². The van der Waals surface area contributed by atoms with E-state index in [4.69, 9.17) is 4.74 Å². The molecule has 0 N–H and O–H groups in total. The van der Waals surface area contributed by atoms with Crippen LogP contribution in [0.2, 0.25) is 0 Å². The summed E-state index contributed by atoms with van der Waals surface area (Å²) in [6.45, 7) is 5.12.